The van der Waals surface area contributed by atoms with Crippen molar-refractivity contribution >= 4 is 0 Å². The van der Waals surface area contributed by atoms with Gasteiger partial charge in [-0.05, 0) is 51.8 Å². The van der Waals surface area contributed by atoms with Crippen LogP contribution in [0.2, 0.25) is 0 Å². The van der Waals surface area contributed by atoms with E-state index in [1.54, 1.807) is 0 Å². The Labute approximate surface area is 118 Å². The molecule has 0 bridgehead atoms. The molecule has 0 amide bonds. The molecule has 1 aromatic rings. The Balaban J connectivity index is 2.44. The van der Waals surface area contributed by atoms with E-state index in [2.05, 4.69) is 57.8 Å². The topological polar surface area (TPSA) is 23.5 Å². The molecule has 0 saturated carbocycles. The van der Waals surface area contributed by atoms with Gasteiger partial charge in [-0.1, -0.05) is 43.2 Å². The van der Waals surface area contributed by atoms with Crippen LogP contribution in [0, 0.1) is 19.8 Å². The van der Waals surface area contributed by atoms with E-state index >= 15 is 0 Å². The molecule has 0 aliphatic rings. The largest absolute Gasteiger partial charge is 0.388 e. The highest BCUT2D eigenvalue weighted by Crippen LogP contribution is 2.20. The second kappa shape index (κ2) is 7.66. The van der Waals surface area contributed by atoms with E-state index < -0.39 is 0 Å². The fraction of sp³-hybridized carbons (Fsp3) is 0.647. The molecule has 0 aliphatic heterocycles. The van der Waals surface area contributed by atoms with Crippen LogP contribution in [-0.2, 0) is 0 Å². The Morgan fingerprint density at radius 2 is 1.53 bits per heavy atom. The van der Waals surface area contributed by atoms with Crippen LogP contribution in [0.5, 0.6) is 0 Å². The van der Waals surface area contributed by atoms with Crippen LogP contribution in [0.25, 0.3) is 0 Å². The zero-order valence-corrected chi connectivity index (χ0v) is 13.1. The van der Waals surface area contributed by atoms with Gasteiger partial charge in [-0.15, -0.1) is 0 Å². The summed E-state index contributed by atoms with van der Waals surface area (Å²) >= 11 is 0. The predicted octanol–water partition coefficient (Wildman–Crippen LogP) is 3.70. The SMILES string of the molecule is Cc1cc(C)cc(C(O)CCN(C)CCC(C)C)c1. The van der Waals surface area contributed by atoms with Crippen LogP contribution < -0.4 is 0 Å². The summed E-state index contributed by atoms with van der Waals surface area (Å²) < 4.78 is 0. The zero-order chi connectivity index (χ0) is 14.4. The molecular formula is C17H29NO. The molecule has 19 heavy (non-hydrogen) atoms. The summed E-state index contributed by atoms with van der Waals surface area (Å²) in [7, 11) is 2.14. The molecule has 108 valence electrons. The van der Waals surface area contributed by atoms with Gasteiger partial charge in [0, 0.05) is 6.54 Å². The molecule has 1 unspecified atom stereocenters. The summed E-state index contributed by atoms with van der Waals surface area (Å²) in [6.07, 6.45) is 1.67. The van der Waals surface area contributed by atoms with E-state index in [9.17, 15) is 5.11 Å². The van der Waals surface area contributed by atoms with E-state index in [4.69, 9.17) is 0 Å². The summed E-state index contributed by atoms with van der Waals surface area (Å²) in [5, 5.41) is 10.3. The fourth-order valence-electron chi connectivity index (χ4n) is 2.30. The number of aliphatic hydroxyl groups excluding tert-OH is 1. The Kier molecular flexibility index (Phi) is 6.53. The van der Waals surface area contributed by atoms with E-state index in [0.717, 1.165) is 31.0 Å². The number of nitrogens with zero attached hydrogens (tertiary/aromatic N) is 1. The zero-order valence-electron chi connectivity index (χ0n) is 13.1. The first-order valence-electron chi connectivity index (χ1n) is 7.33. The number of aryl methyl sites for hydroxylation is 2. The highest BCUT2D eigenvalue weighted by molar-refractivity contribution is 5.29. The van der Waals surface area contributed by atoms with Crippen LogP contribution in [0.1, 0.15) is 49.5 Å². The average Bonchev–Trinajstić information content (AvgIpc) is 2.32. The monoisotopic (exact) mass is 263 g/mol. The van der Waals surface area contributed by atoms with Gasteiger partial charge in [-0.3, -0.25) is 0 Å². The van der Waals surface area contributed by atoms with E-state index in [1.165, 1.54) is 17.5 Å². The molecule has 0 spiro atoms. The van der Waals surface area contributed by atoms with Crippen molar-refractivity contribution in [2.45, 2.75) is 46.6 Å². The van der Waals surface area contributed by atoms with Crippen LogP contribution in [0.4, 0.5) is 0 Å². The lowest BCUT2D eigenvalue weighted by Crippen LogP contribution is -2.23. The summed E-state index contributed by atoms with van der Waals surface area (Å²) in [5.74, 6) is 0.742. The third kappa shape index (κ3) is 6.22. The molecule has 2 heteroatoms. The smallest absolute Gasteiger partial charge is 0.0802 e. The van der Waals surface area contributed by atoms with Gasteiger partial charge in [0.1, 0.15) is 0 Å². The highest BCUT2D eigenvalue weighted by atomic mass is 16.3. The van der Waals surface area contributed by atoms with E-state index in [-0.39, 0.29) is 6.10 Å². The highest BCUT2D eigenvalue weighted by Gasteiger charge is 2.10. The molecule has 0 saturated heterocycles. The molecule has 1 rings (SSSR count). The Hall–Kier alpha value is -0.860. The summed E-state index contributed by atoms with van der Waals surface area (Å²) in [6, 6.07) is 6.32. The van der Waals surface area contributed by atoms with Gasteiger partial charge in [0.15, 0.2) is 0 Å². The normalized spacial score (nSPS) is 13.3. The van der Waals surface area contributed by atoms with Crippen molar-refractivity contribution in [3.63, 3.8) is 0 Å². The van der Waals surface area contributed by atoms with Gasteiger partial charge in [0.05, 0.1) is 6.10 Å². The number of hydrogen-bond donors (Lipinski definition) is 1. The predicted molar refractivity (Wildman–Crippen MR) is 82.4 cm³/mol. The van der Waals surface area contributed by atoms with Gasteiger partial charge >= 0.3 is 0 Å². The first-order valence-corrected chi connectivity index (χ1v) is 7.33. The first kappa shape index (κ1) is 16.2. The third-order valence-electron chi connectivity index (χ3n) is 3.50. The maximum absolute atomic E-state index is 10.3. The molecule has 0 aromatic heterocycles. The summed E-state index contributed by atoms with van der Waals surface area (Å²) in [4.78, 5) is 2.31. The molecule has 0 heterocycles. The van der Waals surface area contributed by atoms with Crippen molar-refractivity contribution in [1.29, 1.82) is 0 Å². The lowest BCUT2D eigenvalue weighted by molar-refractivity contribution is 0.147. The van der Waals surface area contributed by atoms with Crippen molar-refractivity contribution in [1.82, 2.24) is 4.90 Å². The van der Waals surface area contributed by atoms with Gasteiger partial charge in [-0.25, -0.2) is 0 Å². The van der Waals surface area contributed by atoms with Crippen molar-refractivity contribution in [2.75, 3.05) is 20.1 Å². The summed E-state index contributed by atoms with van der Waals surface area (Å²) in [6.45, 7) is 10.7. The molecule has 0 fully saturated rings. The van der Waals surface area contributed by atoms with Crippen molar-refractivity contribution in [2.24, 2.45) is 5.92 Å². The quantitative estimate of drug-likeness (QED) is 0.810. The lowest BCUT2D eigenvalue weighted by Gasteiger charge is -2.20. The minimum atomic E-state index is -0.347. The molecule has 0 radical (unpaired) electrons. The second-order valence-corrected chi connectivity index (χ2v) is 6.21. The minimum Gasteiger partial charge on any atom is -0.388 e. The first-order chi connectivity index (χ1) is 8.88. The molecule has 1 aromatic carbocycles. The number of rotatable bonds is 7. The van der Waals surface area contributed by atoms with Crippen LogP contribution in [0.3, 0.4) is 0 Å². The fourth-order valence-corrected chi connectivity index (χ4v) is 2.30. The van der Waals surface area contributed by atoms with Crippen molar-refractivity contribution in [3.05, 3.63) is 34.9 Å². The molecule has 0 aliphatic carbocycles. The van der Waals surface area contributed by atoms with Crippen molar-refractivity contribution in [3.8, 4) is 0 Å². The maximum atomic E-state index is 10.3. The minimum absolute atomic E-state index is 0.347. The molecule has 1 N–H and O–H groups in total. The lowest BCUT2D eigenvalue weighted by atomic mass is 10.0. The Morgan fingerprint density at radius 3 is 2.05 bits per heavy atom. The Bertz CT molecular complexity index is 367. The summed E-state index contributed by atoms with van der Waals surface area (Å²) in [5.41, 5.74) is 3.50. The van der Waals surface area contributed by atoms with Gasteiger partial charge in [0.2, 0.25) is 0 Å². The Morgan fingerprint density at radius 1 is 1.00 bits per heavy atom. The van der Waals surface area contributed by atoms with E-state index in [0.29, 0.717) is 0 Å². The third-order valence-corrected chi connectivity index (χ3v) is 3.50. The van der Waals surface area contributed by atoms with Crippen LogP contribution >= 0.6 is 0 Å². The number of hydrogen-bond acceptors (Lipinski definition) is 2. The van der Waals surface area contributed by atoms with Crippen LogP contribution in [-0.4, -0.2) is 30.1 Å². The van der Waals surface area contributed by atoms with Crippen molar-refractivity contribution < 1.29 is 5.11 Å². The van der Waals surface area contributed by atoms with Crippen LogP contribution in [0.15, 0.2) is 18.2 Å². The standard InChI is InChI=1S/C17H29NO/c1-13(2)6-8-18(5)9-7-17(19)16-11-14(3)10-15(4)12-16/h10-13,17,19H,6-9H2,1-5H3. The number of aliphatic hydroxyl groups is 1. The van der Waals surface area contributed by atoms with Gasteiger partial charge < -0.3 is 10.0 Å². The average molecular weight is 263 g/mol. The second-order valence-electron chi connectivity index (χ2n) is 6.21. The maximum Gasteiger partial charge on any atom is 0.0802 e. The van der Waals surface area contributed by atoms with Gasteiger partial charge in [-0.2, -0.15) is 0 Å². The van der Waals surface area contributed by atoms with Gasteiger partial charge in [0.25, 0.3) is 0 Å². The molecule has 2 nitrogen and oxygen atoms in total. The van der Waals surface area contributed by atoms with E-state index in [1.807, 2.05) is 0 Å². The molecular weight excluding hydrogens is 234 g/mol. The molecule has 1 atom stereocenters. The number of benzene rings is 1.